The van der Waals surface area contributed by atoms with Gasteiger partial charge in [0.15, 0.2) is 0 Å². The molecule has 0 aromatic heterocycles. The van der Waals surface area contributed by atoms with Crippen LogP contribution < -0.4 is 5.73 Å². The third-order valence-electron chi connectivity index (χ3n) is 4.72. The molecule has 1 fully saturated rings. The second-order valence-corrected chi connectivity index (χ2v) is 7.25. The fourth-order valence-electron chi connectivity index (χ4n) is 3.71. The van der Waals surface area contributed by atoms with Gasteiger partial charge in [-0.1, -0.05) is 51.1 Å². The van der Waals surface area contributed by atoms with Crippen LogP contribution in [0.15, 0.2) is 30.3 Å². The Morgan fingerprint density at radius 2 is 1.91 bits per heavy atom. The van der Waals surface area contributed by atoms with E-state index in [1.54, 1.807) is 0 Å². The molecule has 1 aromatic rings. The molecule has 1 aromatic carbocycles. The number of hydrogen-bond donors (Lipinski definition) is 1. The molecule has 0 radical (unpaired) electrons. The second kappa shape index (κ2) is 7.77. The number of carbonyl (C=O) groups excluding carboxylic acids is 1. The SMILES string of the molecule is CC(C)CC(C)CC(=O)N1C[C@@H](CN)[C@H](c2ccccc2)C1. The molecule has 1 aliphatic heterocycles. The molecule has 22 heavy (non-hydrogen) atoms. The van der Waals surface area contributed by atoms with E-state index in [1.165, 1.54) is 5.56 Å². The van der Waals surface area contributed by atoms with Gasteiger partial charge in [-0.3, -0.25) is 4.79 Å². The summed E-state index contributed by atoms with van der Waals surface area (Å²) in [4.78, 5) is 14.6. The van der Waals surface area contributed by atoms with Crippen LogP contribution in [0.4, 0.5) is 0 Å². The summed E-state index contributed by atoms with van der Waals surface area (Å²) in [5.74, 6) is 2.17. The summed E-state index contributed by atoms with van der Waals surface area (Å²) in [7, 11) is 0. The van der Waals surface area contributed by atoms with Crippen LogP contribution in [0.3, 0.4) is 0 Å². The fourth-order valence-corrected chi connectivity index (χ4v) is 3.71. The summed E-state index contributed by atoms with van der Waals surface area (Å²) >= 11 is 0. The Kier molecular flexibility index (Phi) is 6.01. The molecule has 1 heterocycles. The van der Waals surface area contributed by atoms with E-state index < -0.39 is 0 Å². The van der Waals surface area contributed by atoms with E-state index in [1.807, 2.05) is 11.0 Å². The number of benzene rings is 1. The van der Waals surface area contributed by atoms with Gasteiger partial charge < -0.3 is 10.6 Å². The first-order chi connectivity index (χ1) is 10.5. The highest BCUT2D eigenvalue weighted by atomic mass is 16.2. The number of rotatable bonds is 6. The van der Waals surface area contributed by atoms with Crippen LogP contribution in [0.2, 0.25) is 0 Å². The van der Waals surface area contributed by atoms with Gasteiger partial charge in [-0.15, -0.1) is 0 Å². The first-order valence-electron chi connectivity index (χ1n) is 8.54. The van der Waals surface area contributed by atoms with Gasteiger partial charge in [0.05, 0.1) is 0 Å². The standard InChI is InChI=1S/C19H30N2O/c1-14(2)9-15(3)10-19(22)21-12-17(11-20)18(13-21)16-7-5-4-6-8-16/h4-8,14-15,17-18H,9-13,20H2,1-3H3/t15?,17-,18+/m1/s1. The van der Waals surface area contributed by atoms with Gasteiger partial charge in [-0.2, -0.15) is 0 Å². The second-order valence-electron chi connectivity index (χ2n) is 7.25. The monoisotopic (exact) mass is 302 g/mol. The first kappa shape index (κ1) is 17.0. The molecule has 1 unspecified atom stereocenters. The number of nitrogens with zero attached hydrogens (tertiary/aromatic N) is 1. The van der Waals surface area contributed by atoms with Gasteiger partial charge in [0.1, 0.15) is 0 Å². The molecule has 2 rings (SSSR count). The molecule has 1 amide bonds. The molecular weight excluding hydrogens is 272 g/mol. The maximum atomic E-state index is 12.6. The van der Waals surface area contributed by atoms with E-state index in [-0.39, 0.29) is 0 Å². The van der Waals surface area contributed by atoms with E-state index in [4.69, 9.17) is 5.73 Å². The zero-order valence-electron chi connectivity index (χ0n) is 14.2. The Hall–Kier alpha value is -1.35. The van der Waals surface area contributed by atoms with Crippen molar-refractivity contribution in [2.75, 3.05) is 19.6 Å². The van der Waals surface area contributed by atoms with Gasteiger partial charge >= 0.3 is 0 Å². The van der Waals surface area contributed by atoms with E-state index in [2.05, 4.69) is 45.0 Å². The Balaban J connectivity index is 1.98. The average molecular weight is 302 g/mol. The number of nitrogens with two attached hydrogens (primary N) is 1. The molecule has 0 aliphatic carbocycles. The van der Waals surface area contributed by atoms with E-state index >= 15 is 0 Å². The largest absolute Gasteiger partial charge is 0.342 e. The average Bonchev–Trinajstić information content (AvgIpc) is 2.91. The maximum absolute atomic E-state index is 12.6. The Morgan fingerprint density at radius 1 is 1.23 bits per heavy atom. The Bertz CT molecular complexity index is 472. The third kappa shape index (κ3) is 4.33. The molecular formula is C19H30N2O. The lowest BCUT2D eigenvalue weighted by atomic mass is 9.89. The zero-order chi connectivity index (χ0) is 16.1. The van der Waals surface area contributed by atoms with Crippen LogP contribution >= 0.6 is 0 Å². The molecule has 3 nitrogen and oxygen atoms in total. The number of carbonyl (C=O) groups is 1. The Labute approximate surface area is 134 Å². The lowest BCUT2D eigenvalue weighted by Gasteiger charge is -2.20. The van der Waals surface area contributed by atoms with Crippen LogP contribution in [0.1, 0.15) is 45.1 Å². The lowest BCUT2D eigenvalue weighted by Crippen LogP contribution is -2.31. The van der Waals surface area contributed by atoms with E-state index in [0.717, 1.165) is 19.5 Å². The summed E-state index contributed by atoms with van der Waals surface area (Å²) in [6.45, 7) is 8.88. The number of hydrogen-bond acceptors (Lipinski definition) is 2. The van der Waals surface area contributed by atoms with Crippen molar-refractivity contribution < 1.29 is 4.79 Å². The smallest absolute Gasteiger partial charge is 0.222 e. The minimum Gasteiger partial charge on any atom is -0.342 e. The quantitative estimate of drug-likeness (QED) is 0.876. The lowest BCUT2D eigenvalue weighted by molar-refractivity contribution is -0.131. The summed E-state index contributed by atoms with van der Waals surface area (Å²) in [5, 5.41) is 0. The van der Waals surface area contributed by atoms with Crippen LogP contribution in [0.25, 0.3) is 0 Å². The predicted octanol–water partition coefficient (Wildman–Crippen LogP) is 3.26. The summed E-state index contributed by atoms with van der Waals surface area (Å²) < 4.78 is 0. The highest BCUT2D eigenvalue weighted by molar-refractivity contribution is 5.77. The van der Waals surface area contributed by atoms with Crippen molar-refractivity contribution >= 4 is 5.91 Å². The van der Waals surface area contributed by atoms with Crippen LogP contribution in [-0.2, 0) is 4.79 Å². The minimum atomic E-state index is 0.296. The molecule has 0 saturated carbocycles. The maximum Gasteiger partial charge on any atom is 0.222 e. The number of amides is 1. The van der Waals surface area contributed by atoms with Crippen LogP contribution in [0.5, 0.6) is 0 Å². The van der Waals surface area contributed by atoms with Gasteiger partial charge in [0.2, 0.25) is 5.91 Å². The van der Waals surface area contributed by atoms with E-state index in [0.29, 0.717) is 42.5 Å². The molecule has 1 aliphatic rings. The van der Waals surface area contributed by atoms with Crippen molar-refractivity contribution in [2.45, 2.75) is 39.5 Å². The third-order valence-corrected chi connectivity index (χ3v) is 4.72. The molecule has 3 heteroatoms. The highest BCUT2D eigenvalue weighted by Crippen LogP contribution is 2.32. The van der Waals surface area contributed by atoms with Crippen molar-refractivity contribution in [2.24, 2.45) is 23.5 Å². The van der Waals surface area contributed by atoms with Gasteiger partial charge in [-0.25, -0.2) is 0 Å². The van der Waals surface area contributed by atoms with Crippen molar-refractivity contribution in [3.8, 4) is 0 Å². The number of likely N-dealkylation sites (tertiary alicyclic amines) is 1. The predicted molar refractivity (Wildman–Crippen MR) is 91.5 cm³/mol. The molecule has 3 atom stereocenters. The molecule has 122 valence electrons. The zero-order valence-corrected chi connectivity index (χ0v) is 14.2. The minimum absolute atomic E-state index is 0.296. The van der Waals surface area contributed by atoms with Crippen LogP contribution in [0, 0.1) is 17.8 Å². The topological polar surface area (TPSA) is 46.3 Å². The van der Waals surface area contributed by atoms with Gasteiger partial charge in [0, 0.05) is 25.4 Å². The molecule has 1 saturated heterocycles. The molecule has 2 N–H and O–H groups in total. The summed E-state index contributed by atoms with van der Waals surface area (Å²) in [5.41, 5.74) is 7.26. The molecule has 0 bridgehead atoms. The van der Waals surface area contributed by atoms with E-state index in [9.17, 15) is 4.79 Å². The molecule has 0 spiro atoms. The first-order valence-corrected chi connectivity index (χ1v) is 8.54. The summed E-state index contributed by atoms with van der Waals surface area (Å²) in [6.07, 6.45) is 1.78. The van der Waals surface area contributed by atoms with Crippen molar-refractivity contribution in [1.29, 1.82) is 0 Å². The van der Waals surface area contributed by atoms with Crippen molar-refractivity contribution in [3.63, 3.8) is 0 Å². The van der Waals surface area contributed by atoms with Crippen LogP contribution in [-0.4, -0.2) is 30.4 Å². The van der Waals surface area contributed by atoms with Crippen molar-refractivity contribution in [1.82, 2.24) is 4.90 Å². The van der Waals surface area contributed by atoms with Crippen molar-refractivity contribution in [3.05, 3.63) is 35.9 Å². The Morgan fingerprint density at radius 3 is 2.50 bits per heavy atom. The normalized spacial score (nSPS) is 23.0. The summed E-state index contributed by atoms with van der Waals surface area (Å²) in [6, 6.07) is 10.5. The van der Waals surface area contributed by atoms with Gasteiger partial charge in [-0.05, 0) is 36.3 Å². The fraction of sp³-hybridized carbons (Fsp3) is 0.632. The van der Waals surface area contributed by atoms with Gasteiger partial charge in [0.25, 0.3) is 0 Å². The highest BCUT2D eigenvalue weighted by Gasteiger charge is 2.35.